The van der Waals surface area contributed by atoms with Gasteiger partial charge in [-0.15, -0.1) is 0 Å². The van der Waals surface area contributed by atoms with Gasteiger partial charge in [0.2, 0.25) is 0 Å². The van der Waals surface area contributed by atoms with Gasteiger partial charge in [-0.2, -0.15) is 13.2 Å². The second-order valence-electron chi connectivity index (χ2n) is 4.81. The minimum absolute atomic E-state index is 0.198. The Morgan fingerprint density at radius 1 is 1.33 bits per heavy atom. The van der Waals surface area contributed by atoms with E-state index >= 15 is 0 Å². The number of amides is 1. The number of hydrogen-bond acceptors (Lipinski definition) is 3. The molecule has 0 fully saturated rings. The van der Waals surface area contributed by atoms with E-state index in [0.717, 1.165) is 0 Å². The van der Waals surface area contributed by atoms with Gasteiger partial charge in [0.1, 0.15) is 18.1 Å². The lowest BCUT2D eigenvalue weighted by atomic mass is 10.3. The second-order valence-corrected chi connectivity index (χ2v) is 6.13. The average molecular weight is 427 g/mol. The Labute approximate surface area is 149 Å². The van der Waals surface area contributed by atoms with Crippen LogP contribution in [0.2, 0.25) is 5.02 Å². The maximum absolute atomic E-state index is 12.7. The summed E-state index contributed by atoms with van der Waals surface area (Å²) in [5, 5.41) is 0.249. The molecule has 1 aromatic heterocycles. The molecule has 0 spiro atoms. The van der Waals surface area contributed by atoms with Crippen LogP contribution in [0.25, 0.3) is 0 Å². The molecule has 2 aromatic rings. The summed E-state index contributed by atoms with van der Waals surface area (Å²) in [5.41, 5.74) is 0. The number of hydrogen-bond donors (Lipinski definition) is 0. The molecule has 2 rings (SSSR count). The zero-order chi connectivity index (χ0) is 17.7. The summed E-state index contributed by atoms with van der Waals surface area (Å²) in [6.45, 7) is -2.28. The van der Waals surface area contributed by atoms with Crippen LogP contribution in [0.3, 0.4) is 0 Å². The summed E-state index contributed by atoms with van der Waals surface area (Å²) < 4.78 is 49.0. The summed E-state index contributed by atoms with van der Waals surface area (Å²) in [7, 11) is 0. The number of rotatable bonds is 6. The number of carbonyl (C=O) groups excluding carboxylic acids is 1. The molecule has 0 unspecified atom stereocenters. The van der Waals surface area contributed by atoms with Gasteiger partial charge >= 0.3 is 6.18 Å². The quantitative estimate of drug-likeness (QED) is 0.674. The van der Waals surface area contributed by atoms with E-state index in [1.807, 2.05) is 0 Å². The van der Waals surface area contributed by atoms with Gasteiger partial charge in [0.25, 0.3) is 5.91 Å². The average Bonchev–Trinajstić information content (AvgIpc) is 2.99. The standard InChI is InChI=1S/C15H12BrClF3NO3/c16-10-3-4-12(17)13(6-10)24-8-14(22)21(9-15(18,19)20)7-11-2-1-5-23-11/h1-6H,7-9H2. The van der Waals surface area contributed by atoms with Crippen molar-refractivity contribution in [2.24, 2.45) is 0 Å². The molecule has 0 saturated heterocycles. The summed E-state index contributed by atoms with van der Waals surface area (Å²) in [4.78, 5) is 12.7. The van der Waals surface area contributed by atoms with Crippen LogP contribution in [0.4, 0.5) is 13.2 Å². The minimum Gasteiger partial charge on any atom is -0.482 e. The Bertz CT molecular complexity index is 692. The summed E-state index contributed by atoms with van der Waals surface area (Å²) >= 11 is 9.13. The van der Waals surface area contributed by atoms with Crippen molar-refractivity contribution in [1.29, 1.82) is 0 Å². The molecule has 0 atom stereocenters. The molecule has 4 nitrogen and oxygen atoms in total. The van der Waals surface area contributed by atoms with Crippen LogP contribution in [-0.2, 0) is 11.3 Å². The van der Waals surface area contributed by atoms with Crippen molar-refractivity contribution in [3.05, 3.63) is 51.9 Å². The van der Waals surface area contributed by atoms with Gasteiger partial charge in [-0.25, -0.2) is 0 Å². The first-order valence-corrected chi connectivity index (χ1v) is 7.86. The van der Waals surface area contributed by atoms with Crippen molar-refractivity contribution >= 4 is 33.4 Å². The van der Waals surface area contributed by atoms with Gasteiger partial charge in [-0.3, -0.25) is 4.79 Å². The van der Waals surface area contributed by atoms with E-state index in [-0.39, 0.29) is 23.1 Å². The highest BCUT2D eigenvalue weighted by Gasteiger charge is 2.33. The predicted molar refractivity (Wildman–Crippen MR) is 84.8 cm³/mol. The lowest BCUT2D eigenvalue weighted by Crippen LogP contribution is -2.40. The van der Waals surface area contributed by atoms with Crippen molar-refractivity contribution in [3.8, 4) is 5.75 Å². The van der Waals surface area contributed by atoms with Crippen LogP contribution < -0.4 is 4.74 Å². The van der Waals surface area contributed by atoms with E-state index in [1.54, 1.807) is 12.1 Å². The van der Waals surface area contributed by atoms with Gasteiger partial charge in [0.15, 0.2) is 6.61 Å². The molecular weight excluding hydrogens is 415 g/mol. The van der Waals surface area contributed by atoms with Crippen LogP contribution in [-0.4, -0.2) is 30.1 Å². The molecule has 24 heavy (non-hydrogen) atoms. The molecule has 0 aliphatic carbocycles. The zero-order valence-corrected chi connectivity index (χ0v) is 14.5. The van der Waals surface area contributed by atoms with Crippen LogP contribution in [0, 0.1) is 0 Å². The van der Waals surface area contributed by atoms with Gasteiger partial charge in [-0.1, -0.05) is 27.5 Å². The Hall–Kier alpha value is -1.67. The zero-order valence-electron chi connectivity index (χ0n) is 12.1. The Morgan fingerprint density at radius 3 is 2.71 bits per heavy atom. The number of nitrogens with zero attached hydrogens (tertiary/aromatic N) is 1. The highest BCUT2D eigenvalue weighted by molar-refractivity contribution is 9.10. The maximum atomic E-state index is 12.7. The molecule has 0 N–H and O–H groups in total. The number of alkyl halides is 3. The number of furan rings is 1. The number of carbonyl (C=O) groups is 1. The highest BCUT2D eigenvalue weighted by atomic mass is 79.9. The third-order valence-electron chi connectivity index (χ3n) is 2.89. The molecule has 0 aliphatic heterocycles. The van der Waals surface area contributed by atoms with Gasteiger partial charge in [-0.05, 0) is 30.3 Å². The molecule has 0 radical (unpaired) electrons. The number of benzene rings is 1. The first-order chi connectivity index (χ1) is 11.2. The second kappa shape index (κ2) is 7.94. The number of halogens is 5. The van der Waals surface area contributed by atoms with Crippen molar-refractivity contribution in [2.75, 3.05) is 13.2 Å². The summed E-state index contributed by atoms with van der Waals surface area (Å²) in [6, 6.07) is 7.76. The van der Waals surface area contributed by atoms with E-state index < -0.39 is 25.2 Å². The molecule has 1 heterocycles. The van der Waals surface area contributed by atoms with E-state index in [9.17, 15) is 18.0 Å². The Kier molecular flexibility index (Phi) is 6.17. The summed E-state index contributed by atoms with van der Waals surface area (Å²) in [5.74, 6) is -0.391. The molecule has 1 aromatic carbocycles. The molecule has 1 amide bonds. The van der Waals surface area contributed by atoms with Crippen LogP contribution in [0.15, 0.2) is 45.5 Å². The number of ether oxygens (including phenoxy) is 1. The first kappa shape index (κ1) is 18.7. The normalized spacial score (nSPS) is 11.4. The van der Waals surface area contributed by atoms with Crippen molar-refractivity contribution in [1.82, 2.24) is 4.90 Å². The lowest BCUT2D eigenvalue weighted by molar-refractivity contribution is -0.164. The largest absolute Gasteiger partial charge is 0.482 e. The van der Waals surface area contributed by atoms with Gasteiger partial charge in [0, 0.05) is 4.47 Å². The van der Waals surface area contributed by atoms with Crippen LogP contribution in [0.1, 0.15) is 5.76 Å². The monoisotopic (exact) mass is 425 g/mol. The highest BCUT2D eigenvalue weighted by Crippen LogP contribution is 2.28. The van der Waals surface area contributed by atoms with E-state index in [0.29, 0.717) is 9.37 Å². The lowest BCUT2D eigenvalue weighted by Gasteiger charge is -2.23. The topological polar surface area (TPSA) is 42.7 Å². The van der Waals surface area contributed by atoms with E-state index in [2.05, 4.69) is 15.9 Å². The molecular formula is C15H12BrClF3NO3. The third kappa shape index (κ3) is 5.76. The van der Waals surface area contributed by atoms with E-state index in [1.165, 1.54) is 24.5 Å². The van der Waals surface area contributed by atoms with Gasteiger partial charge in [0.05, 0.1) is 17.8 Å². The third-order valence-corrected chi connectivity index (χ3v) is 3.70. The Balaban J connectivity index is 2.05. The molecule has 9 heteroatoms. The SMILES string of the molecule is O=C(COc1cc(Br)ccc1Cl)N(Cc1ccco1)CC(F)(F)F. The first-order valence-electron chi connectivity index (χ1n) is 6.69. The molecule has 0 bridgehead atoms. The smallest absolute Gasteiger partial charge is 0.406 e. The fourth-order valence-corrected chi connectivity index (χ4v) is 2.37. The van der Waals surface area contributed by atoms with E-state index in [4.69, 9.17) is 20.8 Å². The molecule has 0 saturated carbocycles. The summed E-state index contributed by atoms with van der Waals surface area (Å²) in [6.07, 6.45) is -3.21. The van der Waals surface area contributed by atoms with Crippen LogP contribution >= 0.6 is 27.5 Å². The van der Waals surface area contributed by atoms with Crippen molar-refractivity contribution in [3.63, 3.8) is 0 Å². The van der Waals surface area contributed by atoms with Crippen LogP contribution in [0.5, 0.6) is 5.75 Å². The fraction of sp³-hybridized carbons (Fsp3) is 0.267. The minimum atomic E-state index is -4.53. The predicted octanol–water partition coefficient (Wildman–Crippen LogP) is 4.67. The molecule has 130 valence electrons. The maximum Gasteiger partial charge on any atom is 0.406 e. The van der Waals surface area contributed by atoms with Crippen molar-refractivity contribution < 1.29 is 27.1 Å². The van der Waals surface area contributed by atoms with Crippen molar-refractivity contribution in [2.45, 2.75) is 12.7 Å². The molecule has 0 aliphatic rings. The van der Waals surface area contributed by atoms with Gasteiger partial charge < -0.3 is 14.1 Å². The Morgan fingerprint density at radius 2 is 2.08 bits per heavy atom. The fourth-order valence-electron chi connectivity index (χ4n) is 1.86.